The first-order chi connectivity index (χ1) is 14.3. The molecule has 0 spiro atoms. The number of carbonyl (C=O) groups excluding carboxylic acids is 1. The van der Waals surface area contributed by atoms with Gasteiger partial charge in [0, 0.05) is 18.6 Å². The van der Waals surface area contributed by atoms with Crippen LogP contribution in [0.2, 0.25) is 5.02 Å². The van der Waals surface area contributed by atoms with E-state index < -0.39 is 22.7 Å². The molecule has 30 heavy (non-hydrogen) atoms. The molecule has 2 aliphatic heterocycles. The lowest BCUT2D eigenvalue weighted by Gasteiger charge is -2.34. The van der Waals surface area contributed by atoms with Gasteiger partial charge in [-0.1, -0.05) is 48.4 Å². The number of amides is 1. The lowest BCUT2D eigenvalue weighted by atomic mass is 10.0. The quantitative estimate of drug-likeness (QED) is 0.639. The van der Waals surface area contributed by atoms with Gasteiger partial charge in [-0.3, -0.25) is 9.69 Å². The number of hydrogen-bond donors (Lipinski definition) is 1. The van der Waals surface area contributed by atoms with Crippen LogP contribution in [-0.4, -0.2) is 23.4 Å². The molecule has 0 radical (unpaired) electrons. The Morgan fingerprint density at radius 1 is 1.07 bits per heavy atom. The van der Waals surface area contributed by atoms with Gasteiger partial charge in [0.25, 0.3) is 5.91 Å². The molecule has 2 fully saturated rings. The topological polar surface area (TPSA) is 32.3 Å². The minimum Gasteiger partial charge on any atom is -0.348 e. The smallest absolute Gasteiger partial charge is 0.348 e. The molecule has 2 atom stereocenters. The zero-order valence-corrected chi connectivity index (χ0v) is 17.3. The Morgan fingerprint density at radius 2 is 1.83 bits per heavy atom. The molecule has 0 saturated carbocycles. The molecular formula is C23H24ClF3N2O. The number of nitrogens with zero attached hydrogens (tertiary/aromatic N) is 1. The van der Waals surface area contributed by atoms with Crippen molar-refractivity contribution in [1.82, 2.24) is 10.2 Å². The van der Waals surface area contributed by atoms with E-state index in [1.54, 1.807) is 0 Å². The van der Waals surface area contributed by atoms with E-state index in [2.05, 4.69) is 22.3 Å². The number of carbonyl (C=O) groups is 1. The monoisotopic (exact) mass is 436 g/mol. The molecule has 0 aliphatic carbocycles. The van der Waals surface area contributed by atoms with Crippen LogP contribution in [0.15, 0.2) is 42.5 Å². The van der Waals surface area contributed by atoms with Crippen molar-refractivity contribution in [2.24, 2.45) is 0 Å². The molecule has 2 aromatic carbocycles. The Balaban J connectivity index is 1.40. The molecule has 1 N–H and O–H groups in total. The fourth-order valence-corrected chi connectivity index (χ4v) is 5.00. The maximum absolute atomic E-state index is 13.0. The Morgan fingerprint density at radius 3 is 2.57 bits per heavy atom. The third-order valence-electron chi connectivity index (χ3n) is 6.21. The highest BCUT2D eigenvalue weighted by molar-refractivity contribution is 6.34. The lowest BCUT2D eigenvalue weighted by Crippen LogP contribution is -2.35. The molecule has 2 aromatic rings. The molecule has 1 amide bonds. The van der Waals surface area contributed by atoms with E-state index in [4.69, 9.17) is 11.6 Å². The van der Waals surface area contributed by atoms with E-state index in [0.717, 1.165) is 18.2 Å². The second-order valence-corrected chi connectivity index (χ2v) is 8.45. The normalized spacial score (nSPS) is 22.0. The zero-order valence-electron chi connectivity index (χ0n) is 16.5. The van der Waals surface area contributed by atoms with Gasteiger partial charge in [0.15, 0.2) is 0 Å². The molecule has 2 saturated heterocycles. The number of alkyl halides is 3. The van der Waals surface area contributed by atoms with Gasteiger partial charge in [0.1, 0.15) is 0 Å². The zero-order chi connectivity index (χ0) is 21.3. The molecule has 7 heteroatoms. The number of halogens is 4. The van der Waals surface area contributed by atoms with Crippen LogP contribution in [0.1, 0.15) is 65.2 Å². The SMILES string of the molecule is O=C(NCc1ccc(C2CCC3CCCCN32)cc1)c1cccc(C(F)(F)F)c1Cl. The van der Waals surface area contributed by atoms with Crippen LogP contribution in [-0.2, 0) is 12.7 Å². The van der Waals surface area contributed by atoms with Gasteiger partial charge < -0.3 is 5.32 Å². The molecule has 2 aliphatic rings. The second-order valence-electron chi connectivity index (χ2n) is 8.07. The Labute approximate surface area is 179 Å². The van der Waals surface area contributed by atoms with Crippen molar-refractivity contribution in [1.29, 1.82) is 0 Å². The van der Waals surface area contributed by atoms with E-state index in [0.29, 0.717) is 12.1 Å². The van der Waals surface area contributed by atoms with Crippen molar-refractivity contribution >= 4 is 17.5 Å². The molecular weight excluding hydrogens is 413 g/mol. The number of hydrogen-bond acceptors (Lipinski definition) is 2. The number of rotatable bonds is 4. The van der Waals surface area contributed by atoms with Crippen molar-refractivity contribution in [3.63, 3.8) is 0 Å². The van der Waals surface area contributed by atoms with Gasteiger partial charge in [-0.05, 0) is 55.5 Å². The van der Waals surface area contributed by atoms with Gasteiger partial charge in [0.05, 0.1) is 16.1 Å². The Kier molecular flexibility index (Phi) is 6.07. The summed E-state index contributed by atoms with van der Waals surface area (Å²) in [6, 6.07) is 12.7. The first kappa shape index (κ1) is 21.2. The predicted octanol–water partition coefficient (Wildman–Crippen LogP) is 5.98. The highest BCUT2D eigenvalue weighted by Crippen LogP contribution is 2.40. The molecule has 0 aromatic heterocycles. The number of piperidine rings is 1. The van der Waals surface area contributed by atoms with Gasteiger partial charge in [-0.2, -0.15) is 13.2 Å². The van der Waals surface area contributed by atoms with Crippen LogP contribution in [0.3, 0.4) is 0 Å². The summed E-state index contributed by atoms with van der Waals surface area (Å²) in [5, 5.41) is 2.09. The number of fused-ring (bicyclic) bond motifs is 1. The van der Waals surface area contributed by atoms with Gasteiger partial charge in [-0.15, -0.1) is 0 Å². The molecule has 4 rings (SSSR count). The first-order valence-corrected chi connectivity index (χ1v) is 10.7. The standard InChI is InChI=1S/C23H24ClF3N2O/c24-21-18(5-3-6-19(21)23(25,26)27)22(30)28-14-15-7-9-16(10-8-15)20-12-11-17-4-1-2-13-29(17)20/h3,5-10,17,20H,1-2,4,11-14H2,(H,28,30). The van der Waals surface area contributed by atoms with Crippen molar-refractivity contribution < 1.29 is 18.0 Å². The second kappa shape index (κ2) is 8.60. The van der Waals surface area contributed by atoms with Crippen molar-refractivity contribution in [2.75, 3.05) is 6.54 Å². The number of nitrogens with one attached hydrogen (secondary N) is 1. The summed E-state index contributed by atoms with van der Waals surface area (Å²) in [5.41, 5.74) is 0.998. The third kappa shape index (κ3) is 4.35. The van der Waals surface area contributed by atoms with Crippen LogP contribution in [0.5, 0.6) is 0 Å². The van der Waals surface area contributed by atoms with E-state index in [1.807, 2.05) is 12.1 Å². The summed E-state index contributed by atoms with van der Waals surface area (Å²) in [6.07, 6.45) is 1.70. The molecule has 2 heterocycles. The molecule has 2 unspecified atom stereocenters. The van der Waals surface area contributed by atoms with Crippen LogP contribution in [0, 0.1) is 0 Å². The number of benzene rings is 2. The van der Waals surface area contributed by atoms with Crippen LogP contribution in [0.25, 0.3) is 0 Å². The maximum atomic E-state index is 13.0. The molecule has 3 nitrogen and oxygen atoms in total. The van der Waals surface area contributed by atoms with Gasteiger partial charge in [0.2, 0.25) is 0 Å². The Hall–Kier alpha value is -2.05. The molecule has 160 valence electrons. The molecule has 0 bridgehead atoms. The Bertz CT molecular complexity index is 914. The van der Waals surface area contributed by atoms with Crippen LogP contribution < -0.4 is 5.32 Å². The summed E-state index contributed by atoms with van der Waals surface area (Å²) < 4.78 is 39.0. The van der Waals surface area contributed by atoms with Gasteiger partial charge in [-0.25, -0.2) is 0 Å². The highest BCUT2D eigenvalue weighted by atomic mass is 35.5. The maximum Gasteiger partial charge on any atom is 0.417 e. The van der Waals surface area contributed by atoms with Gasteiger partial charge >= 0.3 is 6.18 Å². The summed E-state index contributed by atoms with van der Waals surface area (Å²) >= 11 is 5.83. The summed E-state index contributed by atoms with van der Waals surface area (Å²) in [4.78, 5) is 15.0. The predicted molar refractivity (Wildman–Crippen MR) is 110 cm³/mol. The van der Waals surface area contributed by atoms with E-state index in [9.17, 15) is 18.0 Å². The minimum atomic E-state index is -4.60. The lowest BCUT2D eigenvalue weighted by molar-refractivity contribution is -0.137. The average Bonchev–Trinajstić information content (AvgIpc) is 3.16. The fraction of sp³-hybridized carbons (Fsp3) is 0.435. The largest absolute Gasteiger partial charge is 0.417 e. The van der Waals surface area contributed by atoms with Crippen molar-refractivity contribution in [3.8, 4) is 0 Å². The van der Waals surface area contributed by atoms with Crippen LogP contribution in [0.4, 0.5) is 13.2 Å². The van der Waals surface area contributed by atoms with E-state index >= 15 is 0 Å². The van der Waals surface area contributed by atoms with E-state index in [1.165, 1.54) is 49.8 Å². The van der Waals surface area contributed by atoms with E-state index in [-0.39, 0.29) is 12.1 Å². The summed E-state index contributed by atoms with van der Waals surface area (Å²) in [6.45, 7) is 1.38. The fourth-order valence-electron chi connectivity index (χ4n) is 4.68. The summed E-state index contributed by atoms with van der Waals surface area (Å²) in [7, 11) is 0. The summed E-state index contributed by atoms with van der Waals surface area (Å²) in [5.74, 6) is -0.623. The highest BCUT2D eigenvalue weighted by Gasteiger charge is 2.36. The average molecular weight is 437 g/mol. The minimum absolute atomic E-state index is 0.176. The first-order valence-electron chi connectivity index (χ1n) is 10.3. The third-order valence-corrected chi connectivity index (χ3v) is 6.62. The van der Waals surface area contributed by atoms with Crippen molar-refractivity contribution in [3.05, 3.63) is 69.7 Å². The van der Waals surface area contributed by atoms with Crippen molar-refractivity contribution in [2.45, 2.75) is 56.9 Å². The van der Waals surface area contributed by atoms with Crippen LogP contribution >= 0.6 is 11.6 Å².